The van der Waals surface area contributed by atoms with Crippen molar-refractivity contribution in [1.29, 1.82) is 0 Å². The molecular formula is C9H12O. The van der Waals surface area contributed by atoms with Crippen LogP contribution in [0.5, 0.6) is 0 Å². The zero-order chi connectivity index (χ0) is 7.23. The fourth-order valence-corrected chi connectivity index (χ4v) is 1.13. The van der Waals surface area contributed by atoms with E-state index in [1.807, 2.05) is 0 Å². The Morgan fingerprint density at radius 2 is 2.40 bits per heavy atom. The summed E-state index contributed by atoms with van der Waals surface area (Å²) >= 11 is 0. The van der Waals surface area contributed by atoms with E-state index >= 15 is 0 Å². The van der Waals surface area contributed by atoms with Crippen molar-refractivity contribution in [2.24, 2.45) is 5.92 Å². The first-order chi connectivity index (χ1) is 4.93. The SMILES string of the molecule is O=CCCC1C=CC=CC1. The number of carbonyl (C=O) groups is 1. The van der Waals surface area contributed by atoms with Gasteiger partial charge in [0.15, 0.2) is 0 Å². The second-order valence-electron chi connectivity index (χ2n) is 2.55. The van der Waals surface area contributed by atoms with Crippen LogP contribution in [0.25, 0.3) is 0 Å². The molecule has 0 saturated heterocycles. The molecule has 0 aromatic rings. The lowest BCUT2D eigenvalue weighted by molar-refractivity contribution is -0.108. The summed E-state index contributed by atoms with van der Waals surface area (Å²) in [7, 11) is 0. The van der Waals surface area contributed by atoms with Gasteiger partial charge >= 0.3 is 0 Å². The van der Waals surface area contributed by atoms with Gasteiger partial charge in [-0.3, -0.25) is 0 Å². The molecule has 1 aliphatic carbocycles. The fourth-order valence-electron chi connectivity index (χ4n) is 1.13. The van der Waals surface area contributed by atoms with Gasteiger partial charge in [-0.25, -0.2) is 0 Å². The molecule has 1 nitrogen and oxygen atoms in total. The highest BCUT2D eigenvalue weighted by molar-refractivity contribution is 5.49. The molecule has 0 N–H and O–H groups in total. The van der Waals surface area contributed by atoms with Gasteiger partial charge in [-0.05, 0) is 18.8 Å². The van der Waals surface area contributed by atoms with Gasteiger partial charge in [0.05, 0.1) is 0 Å². The molecule has 0 amide bonds. The van der Waals surface area contributed by atoms with E-state index in [0.29, 0.717) is 12.3 Å². The van der Waals surface area contributed by atoms with Crippen LogP contribution in [-0.2, 0) is 4.79 Å². The van der Waals surface area contributed by atoms with Crippen LogP contribution in [0.1, 0.15) is 19.3 Å². The molecule has 54 valence electrons. The molecule has 0 heterocycles. The second-order valence-corrected chi connectivity index (χ2v) is 2.55. The zero-order valence-electron chi connectivity index (χ0n) is 5.99. The first-order valence-corrected chi connectivity index (χ1v) is 3.70. The number of hydrogen-bond donors (Lipinski definition) is 0. The first-order valence-electron chi connectivity index (χ1n) is 3.70. The van der Waals surface area contributed by atoms with Crippen LogP contribution in [-0.4, -0.2) is 6.29 Å². The Kier molecular flexibility index (Phi) is 2.94. The van der Waals surface area contributed by atoms with E-state index in [1.165, 1.54) is 0 Å². The van der Waals surface area contributed by atoms with E-state index in [9.17, 15) is 4.79 Å². The van der Waals surface area contributed by atoms with Crippen molar-refractivity contribution in [2.45, 2.75) is 19.3 Å². The van der Waals surface area contributed by atoms with Crippen molar-refractivity contribution in [3.63, 3.8) is 0 Å². The van der Waals surface area contributed by atoms with Crippen LogP contribution in [0.3, 0.4) is 0 Å². The van der Waals surface area contributed by atoms with Crippen molar-refractivity contribution in [3.8, 4) is 0 Å². The van der Waals surface area contributed by atoms with Crippen LogP contribution in [0, 0.1) is 5.92 Å². The highest BCUT2D eigenvalue weighted by Gasteiger charge is 2.02. The molecule has 1 rings (SSSR count). The Morgan fingerprint density at radius 3 is 3.00 bits per heavy atom. The maximum absolute atomic E-state index is 10.0. The Labute approximate surface area is 61.4 Å². The average Bonchev–Trinajstić information content (AvgIpc) is 2.03. The molecule has 0 bridgehead atoms. The molecule has 1 heteroatoms. The number of allylic oxidation sites excluding steroid dienone is 4. The van der Waals surface area contributed by atoms with Gasteiger partial charge in [0.2, 0.25) is 0 Å². The highest BCUT2D eigenvalue weighted by atomic mass is 16.1. The molecule has 0 aromatic carbocycles. The Hall–Kier alpha value is -0.850. The van der Waals surface area contributed by atoms with E-state index in [2.05, 4.69) is 24.3 Å². The smallest absolute Gasteiger partial charge is 0.120 e. The third-order valence-electron chi connectivity index (χ3n) is 1.72. The van der Waals surface area contributed by atoms with Crippen LogP contribution >= 0.6 is 0 Å². The van der Waals surface area contributed by atoms with Crippen LogP contribution in [0.15, 0.2) is 24.3 Å². The lowest BCUT2D eigenvalue weighted by Gasteiger charge is -2.09. The predicted octanol–water partition coefficient (Wildman–Crippen LogP) is 2.10. The maximum Gasteiger partial charge on any atom is 0.120 e. The summed E-state index contributed by atoms with van der Waals surface area (Å²) in [6, 6.07) is 0. The normalized spacial score (nSPS) is 23.0. The summed E-state index contributed by atoms with van der Waals surface area (Å²) in [5.74, 6) is 0.607. The second kappa shape index (κ2) is 4.04. The van der Waals surface area contributed by atoms with Crippen LogP contribution in [0.2, 0.25) is 0 Å². The number of aldehydes is 1. The summed E-state index contributed by atoms with van der Waals surface area (Å²) < 4.78 is 0. The topological polar surface area (TPSA) is 17.1 Å². The quantitative estimate of drug-likeness (QED) is 0.543. The van der Waals surface area contributed by atoms with Crippen LogP contribution < -0.4 is 0 Å². The molecule has 1 atom stereocenters. The van der Waals surface area contributed by atoms with Gasteiger partial charge in [0.25, 0.3) is 0 Å². The standard InChI is InChI=1S/C9H12O/c10-8-4-7-9-5-2-1-3-6-9/h1-3,5,8-9H,4,6-7H2. The Balaban J connectivity index is 2.23. The molecular weight excluding hydrogens is 124 g/mol. The molecule has 0 aromatic heterocycles. The van der Waals surface area contributed by atoms with E-state index in [4.69, 9.17) is 0 Å². The largest absolute Gasteiger partial charge is 0.303 e. The van der Waals surface area contributed by atoms with Crippen molar-refractivity contribution in [2.75, 3.05) is 0 Å². The molecule has 10 heavy (non-hydrogen) atoms. The third kappa shape index (κ3) is 2.18. The lowest BCUT2D eigenvalue weighted by Crippen LogP contribution is -1.97. The van der Waals surface area contributed by atoms with Crippen molar-refractivity contribution in [1.82, 2.24) is 0 Å². The monoisotopic (exact) mass is 136 g/mol. The third-order valence-corrected chi connectivity index (χ3v) is 1.72. The minimum atomic E-state index is 0.607. The van der Waals surface area contributed by atoms with Gasteiger partial charge in [0.1, 0.15) is 6.29 Å². The molecule has 0 aliphatic heterocycles. The maximum atomic E-state index is 10.0. The number of hydrogen-bond acceptors (Lipinski definition) is 1. The molecule has 1 unspecified atom stereocenters. The number of rotatable bonds is 3. The van der Waals surface area contributed by atoms with Crippen molar-refractivity contribution >= 4 is 6.29 Å². The summed E-state index contributed by atoms with van der Waals surface area (Å²) in [6.07, 6.45) is 12.2. The summed E-state index contributed by atoms with van der Waals surface area (Å²) in [6.45, 7) is 0. The molecule has 0 radical (unpaired) electrons. The van der Waals surface area contributed by atoms with E-state index < -0.39 is 0 Å². The minimum Gasteiger partial charge on any atom is -0.303 e. The van der Waals surface area contributed by atoms with E-state index in [-0.39, 0.29) is 0 Å². The molecule has 0 fully saturated rings. The summed E-state index contributed by atoms with van der Waals surface area (Å²) in [4.78, 5) is 10.0. The first kappa shape index (κ1) is 7.26. The van der Waals surface area contributed by atoms with Crippen LogP contribution in [0.4, 0.5) is 0 Å². The molecule has 0 spiro atoms. The van der Waals surface area contributed by atoms with Gasteiger partial charge in [-0.1, -0.05) is 24.3 Å². The summed E-state index contributed by atoms with van der Waals surface area (Å²) in [5, 5.41) is 0. The van der Waals surface area contributed by atoms with E-state index in [1.54, 1.807) is 0 Å². The highest BCUT2D eigenvalue weighted by Crippen LogP contribution is 2.15. The Bertz CT molecular complexity index is 156. The zero-order valence-corrected chi connectivity index (χ0v) is 5.99. The average molecular weight is 136 g/mol. The minimum absolute atomic E-state index is 0.607. The van der Waals surface area contributed by atoms with Crippen molar-refractivity contribution < 1.29 is 4.79 Å². The van der Waals surface area contributed by atoms with Gasteiger partial charge < -0.3 is 4.79 Å². The van der Waals surface area contributed by atoms with Gasteiger partial charge in [-0.15, -0.1) is 0 Å². The Morgan fingerprint density at radius 1 is 1.50 bits per heavy atom. The van der Waals surface area contributed by atoms with Crippen molar-refractivity contribution in [3.05, 3.63) is 24.3 Å². The number of carbonyl (C=O) groups excluding carboxylic acids is 1. The predicted molar refractivity (Wildman–Crippen MR) is 41.7 cm³/mol. The van der Waals surface area contributed by atoms with E-state index in [0.717, 1.165) is 19.1 Å². The van der Waals surface area contributed by atoms with Gasteiger partial charge in [0, 0.05) is 6.42 Å². The fraction of sp³-hybridized carbons (Fsp3) is 0.444. The lowest BCUT2D eigenvalue weighted by atomic mass is 9.96. The molecule has 1 aliphatic rings. The van der Waals surface area contributed by atoms with Gasteiger partial charge in [-0.2, -0.15) is 0 Å². The molecule has 0 saturated carbocycles. The summed E-state index contributed by atoms with van der Waals surface area (Å²) in [5.41, 5.74) is 0.